The summed E-state index contributed by atoms with van der Waals surface area (Å²) >= 11 is 0. The summed E-state index contributed by atoms with van der Waals surface area (Å²) in [5.41, 5.74) is 0.368. The van der Waals surface area contributed by atoms with Gasteiger partial charge in [-0.05, 0) is 24.3 Å². The Hall–Kier alpha value is -3.62. The van der Waals surface area contributed by atoms with Crippen molar-refractivity contribution < 1.29 is 23.5 Å². The highest BCUT2D eigenvalue weighted by atomic mass is 16.6. The first kappa shape index (κ1) is 18.2. The molecule has 9 nitrogen and oxygen atoms in total. The van der Waals surface area contributed by atoms with Crippen LogP contribution in [0.5, 0.6) is 11.5 Å². The van der Waals surface area contributed by atoms with E-state index in [2.05, 4.69) is 10.1 Å². The highest BCUT2D eigenvalue weighted by molar-refractivity contribution is 5.69. The molecule has 0 saturated heterocycles. The third-order valence-electron chi connectivity index (χ3n) is 3.66. The van der Waals surface area contributed by atoms with Gasteiger partial charge in [-0.1, -0.05) is 11.2 Å². The van der Waals surface area contributed by atoms with Crippen LogP contribution in [0.25, 0.3) is 11.4 Å². The van der Waals surface area contributed by atoms with Crippen molar-refractivity contribution in [3.63, 3.8) is 0 Å². The Morgan fingerprint density at radius 2 is 1.96 bits per heavy atom. The average molecular weight is 371 g/mol. The van der Waals surface area contributed by atoms with Gasteiger partial charge < -0.3 is 23.3 Å². The first-order chi connectivity index (χ1) is 13.1. The largest absolute Gasteiger partial charge is 0.493 e. The minimum Gasteiger partial charge on any atom is -0.493 e. The molecular formula is C18H17N3O6. The third kappa shape index (κ3) is 4.32. The van der Waals surface area contributed by atoms with Crippen LogP contribution in [0.2, 0.25) is 0 Å². The Morgan fingerprint density at radius 3 is 2.70 bits per heavy atom. The van der Waals surface area contributed by atoms with Crippen LogP contribution in [0.15, 0.2) is 51.9 Å². The van der Waals surface area contributed by atoms with E-state index in [-0.39, 0.29) is 24.6 Å². The average Bonchev–Trinajstić information content (AvgIpc) is 3.16. The van der Waals surface area contributed by atoms with Crippen molar-refractivity contribution in [1.82, 2.24) is 14.7 Å². The highest BCUT2D eigenvalue weighted by Gasteiger charge is 2.14. The number of carbonyl (C=O) groups excluding carboxylic acids is 1. The third-order valence-corrected chi connectivity index (χ3v) is 3.66. The van der Waals surface area contributed by atoms with E-state index in [0.717, 1.165) is 0 Å². The topological polar surface area (TPSA) is 106 Å². The normalized spacial score (nSPS) is 10.4. The van der Waals surface area contributed by atoms with Gasteiger partial charge in [0.15, 0.2) is 18.1 Å². The van der Waals surface area contributed by atoms with Crippen LogP contribution in [0, 0.1) is 0 Å². The van der Waals surface area contributed by atoms with E-state index in [1.54, 1.807) is 37.4 Å². The van der Waals surface area contributed by atoms with Crippen molar-refractivity contribution in [1.29, 1.82) is 0 Å². The molecule has 3 aromatic rings. The number of carbonyl (C=O) groups is 1. The summed E-state index contributed by atoms with van der Waals surface area (Å²) in [5.74, 6) is 0.972. The predicted octanol–water partition coefficient (Wildman–Crippen LogP) is 1.66. The summed E-state index contributed by atoms with van der Waals surface area (Å²) in [6.07, 6.45) is 1.51. The van der Waals surface area contributed by atoms with Crippen molar-refractivity contribution in [3.05, 3.63) is 58.8 Å². The zero-order chi connectivity index (χ0) is 19.2. The number of nitrogens with zero attached hydrogens (tertiary/aromatic N) is 3. The van der Waals surface area contributed by atoms with Gasteiger partial charge in [0.25, 0.3) is 11.4 Å². The summed E-state index contributed by atoms with van der Waals surface area (Å²) in [4.78, 5) is 27.6. The van der Waals surface area contributed by atoms with Gasteiger partial charge in [0.2, 0.25) is 5.82 Å². The van der Waals surface area contributed by atoms with Gasteiger partial charge in [-0.3, -0.25) is 9.59 Å². The fraction of sp³-hybridized carbons (Fsp3) is 0.222. The Labute approximate surface area is 154 Å². The van der Waals surface area contributed by atoms with Gasteiger partial charge in [-0.2, -0.15) is 4.98 Å². The number of ether oxygens (including phenoxy) is 3. The predicted molar refractivity (Wildman–Crippen MR) is 93.3 cm³/mol. The molecule has 0 N–H and O–H groups in total. The second-order valence-electron chi connectivity index (χ2n) is 5.41. The molecule has 0 unspecified atom stereocenters. The van der Waals surface area contributed by atoms with Crippen molar-refractivity contribution in [2.45, 2.75) is 13.2 Å². The van der Waals surface area contributed by atoms with E-state index in [0.29, 0.717) is 22.9 Å². The molecule has 2 aromatic heterocycles. The standard InChI is InChI=1S/C18H17N3O6/c1-24-13-7-6-12(9-14(13)25-2)18-19-15(27-20-18)11-26-17(23)10-21-8-4-3-5-16(21)22/h3-9H,10-11H2,1-2H3. The number of hydrogen-bond donors (Lipinski definition) is 0. The zero-order valence-corrected chi connectivity index (χ0v) is 14.7. The van der Waals surface area contributed by atoms with Crippen molar-refractivity contribution in [2.75, 3.05) is 14.2 Å². The molecule has 0 saturated carbocycles. The van der Waals surface area contributed by atoms with Crippen LogP contribution < -0.4 is 15.0 Å². The molecule has 0 spiro atoms. The SMILES string of the molecule is COc1ccc(-c2noc(COC(=O)Cn3ccccc3=O)n2)cc1OC. The Kier molecular flexibility index (Phi) is 5.50. The van der Waals surface area contributed by atoms with Crippen molar-refractivity contribution >= 4 is 5.97 Å². The number of methoxy groups -OCH3 is 2. The first-order valence-corrected chi connectivity index (χ1v) is 7.97. The maximum atomic E-state index is 11.9. The van der Waals surface area contributed by atoms with Crippen molar-refractivity contribution in [2.24, 2.45) is 0 Å². The number of esters is 1. The lowest BCUT2D eigenvalue weighted by atomic mass is 10.2. The molecule has 9 heteroatoms. The molecule has 0 fully saturated rings. The molecule has 0 amide bonds. The maximum absolute atomic E-state index is 11.9. The summed E-state index contributed by atoms with van der Waals surface area (Å²) in [5, 5.41) is 3.86. The lowest BCUT2D eigenvalue weighted by Crippen LogP contribution is -2.23. The van der Waals surface area contributed by atoms with Gasteiger partial charge in [0.1, 0.15) is 6.54 Å². The summed E-state index contributed by atoms with van der Waals surface area (Å²) in [7, 11) is 3.07. The quantitative estimate of drug-likeness (QED) is 0.577. The van der Waals surface area contributed by atoms with Crippen LogP contribution >= 0.6 is 0 Å². The van der Waals surface area contributed by atoms with Crippen LogP contribution in [0.1, 0.15) is 5.89 Å². The van der Waals surface area contributed by atoms with Crippen LogP contribution in [-0.4, -0.2) is 34.9 Å². The van der Waals surface area contributed by atoms with E-state index in [9.17, 15) is 9.59 Å². The second-order valence-corrected chi connectivity index (χ2v) is 5.41. The number of pyridine rings is 1. The fourth-order valence-corrected chi connectivity index (χ4v) is 2.32. The molecule has 0 atom stereocenters. The Morgan fingerprint density at radius 1 is 1.15 bits per heavy atom. The van der Waals surface area contributed by atoms with Gasteiger partial charge in [-0.25, -0.2) is 0 Å². The Balaban J connectivity index is 1.63. The molecule has 0 radical (unpaired) electrons. The lowest BCUT2D eigenvalue weighted by Gasteiger charge is -2.07. The molecule has 0 bridgehead atoms. The second kappa shape index (κ2) is 8.17. The van der Waals surface area contributed by atoms with Crippen molar-refractivity contribution in [3.8, 4) is 22.9 Å². The van der Waals surface area contributed by atoms with E-state index < -0.39 is 5.97 Å². The van der Waals surface area contributed by atoms with E-state index in [1.165, 1.54) is 23.9 Å². The minimum atomic E-state index is -0.589. The number of benzene rings is 1. The molecule has 27 heavy (non-hydrogen) atoms. The molecule has 0 aliphatic rings. The van der Waals surface area contributed by atoms with E-state index in [1.807, 2.05) is 0 Å². The minimum absolute atomic E-state index is 0.133. The molecule has 3 rings (SSSR count). The summed E-state index contributed by atoms with van der Waals surface area (Å²) in [6.45, 7) is -0.392. The number of hydrogen-bond acceptors (Lipinski definition) is 8. The van der Waals surface area contributed by atoms with Gasteiger partial charge in [0.05, 0.1) is 14.2 Å². The number of rotatable bonds is 7. The van der Waals surface area contributed by atoms with Gasteiger partial charge in [0, 0.05) is 17.8 Å². The lowest BCUT2D eigenvalue weighted by molar-refractivity contribution is -0.146. The van der Waals surface area contributed by atoms with Crippen LogP contribution in [0.4, 0.5) is 0 Å². The zero-order valence-electron chi connectivity index (χ0n) is 14.7. The molecule has 1 aromatic carbocycles. The smallest absolute Gasteiger partial charge is 0.326 e. The molecule has 2 heterocycles. The van der Waals surface area contributed by atoms with E-state index in [4.69, 9.17) is 18.7 Å². The molecule has 140 valence electrons. The Bertz CT molecular complexity index is 995. The molecular weight excluding hydrogens is 354 g/mol. The maximum Gasteiger partial charge on any atom is 0.326 e. The van der Waals surface area contributed by atoms with Crippen LogP contribution in [-0.2, 0) is 22.7 Å². The monoisotopic (exact) mass is 371 g/mol. The van der Waals surface area contributed by atoms with Gasteiger partial charge in [-0.15, -0.1) is 0 Å². The fourth-order valence-electron chi connectivity index (χ4n) is 2.32. The first-order valence-electron chi connectivity index (χ1n) is 7.97. The van der Waals surface area contributed by atoms with E-state index >= 15 is 0 Å². The molecule has 0 aliphatic heterocycles. The van der Waals surface area contributed by atoms with Gasteiger partial charge >= 0.3 is 5.97 Å². The summed E-state index contributed by atoms with van der Waals surface area (Å²) < 4.78 is 21.8. The van der Waals surface area contributed by atoms with Crippen LogP contribution in [0.3, 0.4) is 0 Å². The summed E-state index contributed by atoms with van der Waals surface area (Å²) in [6, 6.07) is 9.80. The number of aromatic nitrogens is 3. The molecule has 0 aliphatic carbocycles. The highest BCUT2D eigenvalue weighted by Crippen LogP contribution is 2.31.